The molecule has 2 rings (SSSR count). The fourth-order valence-electron chi connectivity index (χ4n) is 3.06. The predicted octanol–water partition coefficient (Wildman–Crippen LogP) is 4.08. The van der Waals surface area contributed by atoms with Gasteiger partial charge in [0.25, 0.3) is 0 Å². The Labute approximate surface area is 93.9 Å². The molecular formula is C14H24O. The molecule has 1 nitrogen and oxygen atoms in total. The van der Waals surface area contributed by atoms with Crippen LogP contribution < -0.4 is 0 Å². The van der Waals surface area contributed by atoms with E-state index >= 15 is 0 Å². The minimum Gasteiger partial charge on any atom is -0.370 e. The summed E-state index contributed by atoms with van der Waals surface area (Å²) >= 11 is 0. The molecule has 1 heterocycles. The minimum atomic E-state index is 0.471. The van der Waals surface area contributed by atoms with Crippen molar-refractivity contribution in [3.63, 3.8) is 0 Å². The normalized spacial score (nSPS) is 36.6. The third kappa shape index (κ3) is 2.44. The van der Waals surface area contributed by atoms with E-state index in [1.165, 1.54) is 38.5 Å². The molecule has 0 amide bonds. The van der Waals surface area contributed by atoms with Crippen LogP contribution in [0.25, 0.3) is 0 Å². The molecule has 0 bridgehead atoms. The second-order valence-corrected chi connectivity index (χ2v) is 5.42. The maximum atomic E-state index is 6.21. The Bertz CT molecular complexity index is 254. The molecule has 86 valence electrons. The van der Waals surface area contributed by atoms with Crippen LogP contribution in [0.3, 0.4) is 0 Å². The molecule has 3 atom stereocenters. The van der Waals surface area contributed by atoms with E-state index < -0.39 is 0 Å². The smallest absolute Gasteiger partial charge is 0.0794 e. The minimum absolute atomic E-state index is 0.471. The molecule has 0 aromatic heterocycles. The highest BCUT2D eigenvalue weighted by molar-refractivity contribution is 5.22. The van der Waals surface area contributed by atoms with Crippen LogP contribution >= 0.6 is 0 Å². The van der Waals surface area contributed by atoms with Gasteiger partial charge in [-0.1, -0.05) is 25.8 Å². The highest BCUT2D eigenvalue weighted by Gasteiger charge is 2.31. The molecule has 0 aromatic rings. The third-order valence-electron chi connectivity index (χ3n) is 3.96. The van der Waals surface area contributed by atoms with Gasteiger partial charge >= 0.3 is 0 Å². The van der Waals surface area contributed by atoms with Gasteiger partial charge in [-0.3, -0.25) is 0 Å². The summed E-state index contributed by atoms with van der Waals surface area (Å²) in [7, 11) is 0. The Hall–Kier alpha value is -0.300. The van der Waals surface area contributed by atoms with Crippen molar-refractivity contribution in [3.8, 4) is 0 Å². The second kappa shape index (κ2) is 4.69. The van der Waals surface area contributed by atoms with Crippen molar-refractivity contribution in [2.45, 2.75) is 71.5 Å². The Morgan fingerprint density at radius 2 is 2.20 bits per heavy atom. The van der Waals surface area contributed by atoms with E-state index in [-0.39, 0.29) is 0 Å². The Morgan fingerprint density at radius 3 is 2.93 bits per heavy atom. The lowest BCUT2D eigenvalue weighted by Crippen LogP contribution is -2.34. The van der Waals surface area contributed by atoms with E-state index in [0.29, 0.717) is 12.2 Å². The van der Waals surface area contributed by atoms with E-state index in [0.717, 1.165) is 5.92 Å². The summed E-state index contributed by atoms with van der Waals surface area (Å²) in [5.41, 5.74) is 3.28. The van der Waals surface area contributed by atoms with E-state index in [1.54, 1.807) is 11.1 Å². The van der Waals surface area contributed by atoms with Crippen LogP contribution in [0.15, 0.2) is 11.1 Å². The molecule has 0 N–H and O–H groups in total. The zero-order valence-corrected chi connectivity index (χ0v) is 10.4. The summed E-state index contributed by atoms with van der Waals surface area (Å²) < 4.78 is 6.21. The molecule has 2 aliphatic rings. The van der Waals surface area contributed by atoms with Gasteiger partial charge in [0.1, 0.15) is 0 Å². The number of hydrogen-bond donors (Lipinski definition) is 0. The lowest BCUT2D eigenvalue weighted by molar-refractivity contribution is -0.0283. The molecule has 0 spiro atoms. The van der Waals surface area contributed by atoms with Crippen LogP contribution in [-0.2, 0) is 4.74 Å². The van der Waals surface area contributed by atoms with Crippen molar-refractivity contribution in [3.05, 3.63) is 11.1 Å². The van der Waals surface area contributed by atoms with E-state index in [9.17, 15) is 0 Å². The summed E-state index contributed by atoms with van der Waals surface area (Å²) in [4.78, 5) is 0. The molecule has 1 aliphatic heterocycles. The molecule has 0 unspecified atom stereocenters. The fraction of sp³-hybridized carbons (Fsp3) is 0.857. The quantitative estimate of drug-likeness (QED) is 0.621. The van der Waals surface area contributed by atoms with E-state index in [2.05, 4.69) is 20.8 Å². The molecule has 1 aliphatic carbocycles. The van der Waals surface area contributed by atoms with Crippen molar-refractivity contribution >= 4 is 0 Å². The van der Waals surface area contributed by atoms with Gasteiger partial charge in [-0.05, 0) is 50.5 Å². The van der Waals surface area contributed by atoms with Gasteiger partial charge in [0, 0.05) is 0 Å². The first kappa shape index (κ1) is 11.2. The summed E-state index contributed by atoms with van der Waals surface area (Å²) in [6, 6.07) is 0. The fourth-order valence-corrected chi connectivity index (χ4v) is 3.06. The first-order valence-electron chi connectivity index (χ1n) is 6.54. The van der Waals surface area contributed by atoms with Crippen LogP contribution in [-0.4, -0.2) is 12.2 Å². The summed E-state index contributed by atoms with van der Waals surface area (Å²) in [6.07, 6.45) is 8.56. The van der Waals surface area contributed by atoms with Gasteiger partial charge in [-0.2, -0.15) is 0 Å². The van der Waals surface area contributed by atoms with Crippen molar-refractivity contribution in [1.82, 2.24) is 0 Å². The first-order valence-corrected chi connectivity index (χ1v) is 6.54. The Morgan fingerprint density at radius 1 is 1.40 bits per heavy atom. The van der Waals surface area contributed by atoms with Crippen LogP contribution in [0.5, 0.6) is 0 Å². The molecule has 0 radical (unpaired) electrons. The van der Waals surface area contributed by atoms with Crippen LogP contribution in [0.4, 0.5) is 0 Å². The number of fused-ring (bicyclic) bond motifs is 1. The zero-order chi connectivity index (χ0) is 10.8. The monoisotopic (exact) mass is 208 g/mol. The maximum absolute atomic E-state index is 6.21. The largest absolute Gasteiger partial charge is 0.370 e. The van der Waals surface area contributed by atoms with Crippen molar-refractivity contribution in [2.75, 3.05) is 0 Å². The van der Waals surface area contributed by atoms with Crippen molar-refractivity contribution in [2.24, 2.45) is 5.92 Å². The summed E-state index contributed by atoms with van der Waals surface area (Å²) in [5.74, 6) is 0.854. The average molecular weight is 208 g/mol. The topological polar surface area (TPSA) is 9.23 Å². The molecule has 0 aromatic carbocycles. The highest BCUT2D eigenvalue weighted by atomic mass is 16.5. The first-order chi connectivity index (χ1) is 7.20. The number of hydrogen-bond acceptors (Lipinski definition) is 1. The van der Waals surface area contributed by atoms with Gasteiger partial charge in [0.05, 0.1) is 12.2 Å². The SMILES string of the molecule is CCC[C@H]1CC(C)=C2CC[C@@H](C)C[C@H]2O1. The Balaban J connectivity index is 2.07. The van der Waals surface area contributed by atoms with Crippen molar-refractivity contribution < 1.29 is 4.74 Å². The molecule has 0 saturated heterocycles. The standard InChI is InChI=1S/C14H24O/c1-4-5-12-9-11(3)13-7-6-10(2)8-14(13)15-12/h10,12,14H,4-9H2,1-3H3/t10-,12+,14-/m1/s1. The Kier molecular flexibility index (Phi) is 3.50. The lowest BCUT2D eigenvalue weighted by atomic mass is 9.80. The van der Waals surface area contributed by atoms with Gasteiger partial charge < -0.3 is 4.74 Å². The van der Waals surface area contributed by atoms with Crippen LogP contribution in [0.2, 0.25) is 0 Å². The van der Waals surface area contributed by atoms with Gasteiger partial charge in [-0.25, -0.2) is 0 Å². The molecule has 1 saturated carbocycles. The van der Waals surface area contributed by atoms with Crippen molar-refractivity contribution in [1.29, 1.82) is 0 Å². The second-order valence-electron chi connectivity index (χ2n) is 5.42. The molecule has 1 heteroatoms. The summed E-state index contributed by atoms with van der Waals surface area (Å²) in [5, 5.41) is 0. The van der Waals surface area contributed by atoms with E-state index in [4.69, 9.17) is 4.74 Å². The predicted molar refractivity (Wildman–Crippen MR) is 63.9 cm³/mol. The third-order valence-corrected chi connectivity index (χ3v) is 3.96. The molecule has 15 heavy (non-hydrogen) atoms. The molecular weight excluding hydrogens is 184 g/mol. The molecule has 1 fully saturated rings. The number of rotatable bonds is 2. The van der Waals surface area contributed by atoms with Crippen LogP contribution in [0.1, 0.15) is 59.3 Å². The van der Waals surface area contributed by atoms with Gasteiger partial charge in [0.2, 0.25) is 0 Å². The number of ether oxygens (including phenoxy) is 1. The zero-order valence-electron chi connectivity index (χ0n) is 10.4. The highest BCUT2D eigenvalue weighted by Crippen LogP contribution is 2.38. The maximum Gasteiger partial charge on any atom is 0.0794 e. The van der Waals surface area contributed by atoms with Gasteiger partial charge in [-0.15, -0.1) is 0 Å². The van der Waals surface area contributed by atoms with Crippen LogP contribution in [0, 0.1) is 5.92 Å². The van der Waals surface area contributed by atoms with Gasteiger partial charge in [0.15, 0.2) is 0 Å². The summed E-state index contributed by atoms with van der Waals surface area (Å²) in [6.45, 7) is 6.93. The van der Waals surface area contributed by atoms with E-state index in [1.807, 2.05) is 0 Å². The lowest BCUT2D eigenvalue weighted by Gasteiger charge is -2.38. The average Bonchev–Trinajstić information content (AvgIpc) is 2.17.